The highest BCUT2D eigenvalue weighted by atomic mass is 35.5. The summed E-state index contributed by atoms with van der Waals surface area (Å²) in [6.45, 7) is 1.34. The fourth-order valence-electron chi connectivity index (χ4n) is 6.74. The van der Waals surface area contributed by atoms with Gasteiger partial charge in [-0.1, -0.05) is 65.1 Å². The Morgan fingerprint density at radius 2 is 1.49 bits per heavy atom. The van der Waals surface area contributed by atoms with Gasteiger partial charge < -0.3 is 20.1 Å². The van der Waals surface area contributed by atoms with Crippen molar-refractivity contribution in [1.29, 1.82) is 0 Å². The number of hydrogen-bond donors (Lipinski definition) is 2. The molecule has 256 valence electrons. The molecule has 2 aromatic carbocycles. The SMILES string of the molecule is COc1nc(-c2cccc(-c3cc(Cl)cc(-c4ccc(CNC[C@@H]5CCC(=O)C5)c(OC)n4)c3Cl)c2Cl)ccc1CCC[C@@H]1CCC(=O)N1. The molecular formula is C38H39Cl3N4O4. The van der Waals surface area contributed by atoms with Gasteiger partial charge in [-0.2, -0.15) is 0 Å². The predicted molar refractivity (Wildman–Crippen MR) is 195 cm³/mol. The first-order chi connectivity index (χ1) is 23.7. The molecule has 2 atom stereocenters. The molecule has 3 heterocycles. The first-order valence-corrected chi connectivity index (χ1v) is 17.8. The van der Waals surface area contributed by atoms with Crippen LogP contribution in [0.15, 0.2) is 54.6 Å². The van der Waals surface area contributed by atoms with Crippen molar-refractivity contribution in [3.8, 4) is 45.4 Å². The largest absolute Gasteiger partial charge is 0.481 e. The third-order valence-electron chi connectivity index (χ3n) is 9.32. The maximum Gasteiger partial charge on any atom is 0.220 e. The number of methoxy groups -OCH3 is 2. The molecular weight excluding hydrogens is 683 g/mol. The molecule has 1 aliphatic heterocycles. The molecule has 0 unspecified atom stereocenters. The van der Waals surface area contributed by atoms with Crippen LogP contribution in [0.25, 0.3) is 33.6 Å². The summed E-state index contributed by atoms with van der Waals surface area (Å²) in [6, 6.07) is 17.4. The summed E-state index contributed by atoms with van der Waals surface area (Å²) in [6.07, 6.45) is 6.37. The van der Waals surface area contributed by atoms with Crippen LogP contribution in [-0.2, 0) is 22.6 Å². The average Bonchev–Trinajstić information content (AvgIpc) is 3.72. The van der Waals surface area contributed by atoms with Gasteiger partial charge in [-0.05, 0) is 68.8 Å². The Labute approximate surface area is 301 Å². The summed E-state index contributed by atoms with van der Waals surface area (Å²) in [7, 11) is 3.21. The van der Waals surface area contributed by atoms with Gasteiger partial charge in [0.1, 0.15) is 5.78 Å². The molecule has 2 aromatic heterocycles. The molecule has 1 aliphatic carbocycles. The van der Waals surface area contributed by atoms with E-state index in [1.165, 1.54) is 0 Å². The topological polar surface area (TPSA) is 102 Å². The van der Waals surface area contributed by atoms with E-state index >= 15 is 0 Å². The highest BCUT2D eigenvalue weighted by Crippen LogP contribution is 2.44. The standard InChI is InChI=1S/C38H39Cl3N4O4/c1-48-37-23(5-3-6-26-12-16-34(47)43-26)10-14-32(44-37)29-8-4-7-28(35(29)40)30-18-25(39)19-31(36(30)41)33-15-11-24(38(45-33)49-2)21-42-20-22-9-13-27(46)17-22/h4,7-8,10-11,14-15,18-19,22,26,42H,3,5-6,9,12-13,16-17,20-21H2,1-2H3,(H,43,47)/t22-,26-/m1/s1. The van der Waals surface area contributed by atoms with E-state index in [9.17, 15) is 9.59 Å². The lowest BCUT2D eigenvalue weighted by molar-refractivity contribution is -0.119. The summed E-state index contributed by atoms with van der Waals surface area (Å²) in [4.78, 5) is 32.8. The minimum Gasteiger partial charge on any atom is -0.481 e. The minimum absolute atomic E-state index is 0.133. The van der Waals surface area contributed by atoms with Gasteiger partial charge in [0.05, 0.1) is 35.7 Å². The number of ether oxygens (including phenoxy) is 2. The molecule has 4 aromatic rings. The summed E-state index contributed by atoms with van der Waals surface area (Å²) in [5.41, 5.74) is 5.93. The summed E-state index contributed by atoms with van der Waals surface area (Å²) >= 11 is 20.9. The third kappa shape index (κ3) is 8.21. The van der Waals surface area contributed by atoms with Gasteiger partial charge in [0, 0.05) is 70.3 Å². The number of Topliss-reactive ketones (excluding diaryl/α,β-unsaturated/α-hetero) is 1. The number of ketones is 1. The number of carbonyl (C=O) groups excluding carboxylic acids is 2. The number of pyridine rings is 2. The van der Waals surface area contributed by atoms with Crippen LogP contribution in [0.1, 0.15) is 56.1 Å². The summed E-state index contributed by atoms with van der Waals surface area (Å²) in [5.74, 6) is 1.88. The van der Waals surface area contributed by atoms with E-state index in [1.54, 1.807) is 26.4 Å². The van der Waals surface area contributed by atoms with Crippen molar-refractivity contribution < 1.29 is 19.1 Å². The highest BCUT2D eigenvalue weighted by Gasteiger charge is 2.23. The van der Waals surface area contributed by atoms with Gasteiger partial charge >= 0.3 is 0 Å². The zero-order chi connectivity index (χ0) is 34.5. The molecule has 8 nitrogen and oxygen atoms in total. The van der Waals surface area contributed by atoms with Crippen LogP contribution in [0.4, 0.5) is 0 Å². The van der Waals surface area contributed by atoms with Gasteiger partial charge in [-0.15, -0.1) is 0 Å². The van der Waals surface area contributed by atoms with Crippen LogP contribution < -0.4 is 20.1 Å². The number of benzene rings is 2. The number of aromatic nitrogens is 2. The molecule has 0 spiro atoms. The molecule has 1 amide bonds. The van der Waals surface area contributed by atoms with E-state index in [2.05, 4.69) is 10.6 Å². The number of halogens is 3. The van der Waals surface area contributed by atoms with Gasteiger partial charge in [-0.3, -0.25) is 9.59 Å². The van der Waals surface area contributed by atoms with Crippen LogP contribution in [-0.4, -0.2) is 48.5 Å². The van der Waals surface area contributed by atoms with Gasteiger partial charge in [0.15, 0.2) is 0 Å². The summed E-state index contributed by atoms with van der Waals surface area (Å²) in [5, 5.41) is 7.89. The van der Waals surface area contributed by atoms with E-state index in [-0.39, 0.29) is 11.9 Å². The van der Waals surface area contributed by atoms with Crippen molar-refractivity contribution in [2.75, 3.05) is 20.8 Å². The normalized spacial score (nSPS) is 17.4. The van der Waals surface area contributed by atoms with Crippen molar-refractivity contribution in [1.82, 2.24) is 20.6 Å². The minimum atomic E-state index is 0.133. The Morgan fingerprint density at radius 3 is 2.18 bits per heavy atom. The van der Waals surface area contributed by atoms with Gasteiger partial charge in [-0.25, -0.2) is 9.97 Å². The van der Waals surface area contributed by atoms with Crippen LogP contribution in [0.2, 0.25) is 15.1 Å². The molecule has 0 radical (unpaired) electrons. The van der Waals surface area contributed by atoms with Crippen LogP contribution in [0.5, 0.6) is 11.8 Å². The average molecular weight is 722 g/mol. The second kappa shape index (κ2) is 15.9. The lowest BCUT2D eigenvalue weighted by Gasteiger charge is -2.16. The van der Waals surface area contributed by atoms with Crippen molar-refractivity contribution in [3.63, 3.8) is 0 Å². The van der Waals surface area contributed by atoms with Crippen molar-refractivity contribution in [2.24, 2.45) is 5.92 Å². The predicted octanol–water partition coefficient (Wildman–Crippen LogP) is 8.52. The summed E-state index contributed by atoms with van der Waals surface area (Å²) < 4.78 is 11.3. The quantitative estimate of drug-likeness (QED) is 0.143. The molecule has 2 fully saturated rings. The molecule has 1 saturated carbocycles. The zero-order valence-electron chi connectivity index (χ0n) is 27.6. The first-order valence-electron chi connectivity index (χ1n) is 16.6. The maximum absolute atomic E-state index is 11.6. The van der Waals surface area contributed by atoms with Crippen molar-refractivity contribution >= 4 is 46.5 Å². The van der Waals surface area contributed by atoms with Crippen molar-refractivity contribution in [2.45, 2.75) is 64.0 Å². The number of nitrogens with zero attached hydrogens (tertiary/aromatic N) is 2. The molecule has 49 heavy (non-hydrogen) atoms. The van der Waals surface area contributed by atoms with E-state index in [0.29, 0.717) is 92.4 Å². The van der Waals surface area contributed by atoms with Crippen LogP contribution in [0, 0.1) is 5.92 Å². The second-order valence-corrected chi connectivity index (χ2v) is 13.9. The van der Waals surface area contributed by atoms with Gasteiger partial charge in [0.25, 0.3) is 0 Å². The molecule has 2 N–H and O–H groups in total. The lowest BCUT2D eigenvalue weighted by Crippen LogP contribution is -2.25. The van der Waals surface area contributed by atoms with E-state index in [4.69, 9.17) is 54.2 Å². The third-order valence-corrected chi connectivity index (χ3v) is 10.4. The zero-order valence-corrected chi connectivity index (χ0v) is 29.9. The molecule has 0 bridgehead atoms. The fourth-order valence-corrected chi connectivity index (χ4v) is 7.59. The molecule has 11 heteroatoms. The number of aryl methyl sites for hydroxylation is 1. The highest BCUT2D eigenvalue weighted by molar-refractivity contribution is 6.40. The first kappa shape index (κ1) is 35.1. The maximum atomic E-state index is 11.6. The number of rotatable bonds is 13. The van der Waals surface area contributed by atoms with E-state index in [0.717, 1.165) is 55.3 Å². The monoisotopic (exact) mass is 720 g/mol. The number of amides is 1. The van der Waals surface area contributed by atoms with Crippen molar-refractivity contribution in [3.05, 3.63) is 80.8 Å². The Morgan fingerprint density at radius 1 is 0.816 bits per heavy atom. The molecule has 2 aliphatic rings. The smallest absolute Gasteiger partial charge is 0.220 e. The van der Waals surface area contributed by atoms with Crippen LogP contribution in [0.3, 0.4) is 0 Å². The van der Waals surface area contributed by atoms with Gasteiger partial charge in [0.2, 0.25) is 17.7 Å². The Balaban J connectivity index is 1.23. The van der Waals surface area contributed by atoms with E-state index in [1.807, 2.05) is 42.5 Å². The Kier molecular flexibility index (Phi) is 11.4. The molecule has 6 rings (SSSR count). The number of nitrogens with one attached hydrogen (secondary N) is 2. The number of carbonyl (C=O) groups is 2. The Bertz CT molecular complexity index is 1870. The fraction of sp³-hybridized carbons (Fsp3) is 0.368. The van der Waals surface area contributed by atoms with E-state index < -0.39 is 0 Å². The lowest BCUT2D eigenvalue weighted by atomic mass is 9.97. The number of hydrogen-bond acceptors (Lipinski definition) is 7. The second-order valence-electron chi connectivity index (χ2n) is 12.7. The Hall–Kier alpha value is -3.69. The molecule has 1 saturated heterocycles. The van der Waals surface area contributed by atoms with Crippen LogP contribution >= 0.6 is 34.8 Å².